The van der Waals surface area contributed by atoms with Crippen LogP contribution in [0.15, 0.2) is 0 Å². The van der Waals surface area contributed by atoms with Gasteiger partial charge in [-0.1, -0.05) is 46.4 Å². The predicted molar refractivity (Wildman–Crippen MR) is 59.8 cm³/mol. The van der Waals surface area contributed by atoms with Crippen molar-refractivity contribution >= 4 is 58.9 Å². The van der Waals surface area contributed by atoms with Crippen LogP contribution in [0.1, 0.15) is 15.9 Å². The SMILES string of the molecule is N=Cc1c(Cl)c(Cl)c(Cl)c(Cl)c1C=O. The van der Waals surface area contributed by atoms with E-state index in [9.17, 15) is 4.79 Å². The molecule has 0 atom stereocenters. The standard InChI is InChI=1S/C8H3Cl4NO/c9-5-3(1-13)4(2-14)6(10)8(12)7(5)11/h1-2,13H. The number of aldehydes is 1. The first-order chi connectivity index (χ1) is 6.54. The van der Waals surface area contributed by atoms with Crippen molar-refractivity contribution in [2.45, 2.75) is 0 Å². The summed E-state index contributed by atoms with van der Waals surface area (Å²) in [6, 6.07) is 0. The van der Waals surface area contributed by atoms with Crippen LogP contribution in [0.4, 0.5) is 0 Å². The summed E-state index contributed by atoms with van der Waals surface area (Å²) in [6.45, 7) is 0. The second-order valence-electron chi connectivity index (χ2n) is 2.35. The minimum Gasteiger partial charge on any atom is -0.308 e. The summed E-state index contributed by atoms with van der Waals surface area (Å²) in [4.78, 5) is 10.7. The Hall–Kier alpha value is -0.280. The van der Waals surface area contributed by atoms with Crippen molar-refractivity contribution in [1.29, 1.82) is 5.41 Å². The second kappa shape index (κ2) is 4.49. The van der Waals surface area contributed by atoms with Gasteiger partial charge >= 0.3 is 0 Å². The smallest absolute Gasteiger partial charge is 0.152 e. The highest BCUT2D eigenvalue weighted by atomic mass is 35.5. The molecule has 0 aromatic heterocycles. The van der Waals surface area contributed by atoms with Crippen LogP contribution in [0.3, 0.4) is 0 Å². The van der Waals surface area contributed by atoms with E-state index in [0.717, 1.165) is 6.21 Å². The Balaban J connectivity index is 3.73. The Bertz CT molecular complexity index is 378. The van der Waals surface area contributed by atoms with E-state index in [-0.39, 0.29) is 31.2 Å². The van der Waals surface area contributed by atoms with E-state index < -0.39 is 0 Å². The first-order valence-corrected chi connectivity index (χ1v) is 4.87. The molecule has 1 aromatic rings. The molecule has 0 aliphatic heterocycles. The molecular weight excluding hydrogens is 268 g/mol. The lowest BCUT2D eigenvalue weighted by molar-refractivity contribution is 0.112. The molecule has 0 bridgehead atoms. The van der Waals surface area contributed by atoms with E-state index >= 15 is 0 Å². The van der Waals surface area contributed by atoms with Crippen molar-refractivity contribution in [2.75, 3.05) is 0 Å². The average molecular weight is 271 g/mol. The predicted octanol–water partition coefficient (Wildman–Crippen LogP) is 4.11. The lowest BCUT2D eigenvalue weighted by atomic mass is 10.1. The van der Waals surface area contributed by atoms with Gasteiger partial charge < -0.3 is 5.41 Å². The number of nitrogens with one attached hydrogen (secondary N) is 1. The molecule has 74 valence electrons. The van der Waals surface area contributed by atoms with E-state index in [4.69, 9.17) is 51.8 Å². The van der Waals surface area contributed by atoms with E-state index in [1.165, 1.54) is 0 Å². The first kappa shape index (κ1) is 11.8. The van der Waals surface area contributed by atoms with Gasteiger partial charge in [0, 0.05) is 17.3 Å². The first-order valence-electron chi connectivity index (χ1n) is 3.36. The fraction of sp³-hybridized carbons (Fsp3) is 0. The largest absolute Gasteiger partial charge is 0.308 e. The fourth-order valence-corrected chi connectivity index (χ4v) is 1.90. The van der Waals surface area contributed by atoms with E-state index in [1.54, 1.807) is 0 Å². The van der Waals surface area contributed by atoms with E-state index in [1.807, 2.05) is 0 Å². The van der Waals surface area contributed by atoms with Crippen molar-refractivity contribution in [3.63, 3.8) is 0 Å². The Kier molecular flexibility index (Phi) is 3.78. The van der Waals surface area contributed by atoms with Gasteiger partial charge in [-0.05, 0) is 0 Å². The Morgan fingerprint density at radius 3 is 1.64 bits per heavy atom. The van der Waals surface area contributed by atoms with Crippen LogP contribution < -0.4 is 0 Å². The number of benzene rings is 1. The normalized spacial score (nSPS) is 10.0. The number of halogens is 4. The van der Waals surface area contributed by atoms with Gasteiger partial charge in [-0.2, -0.15) is 0 Å². The molecule has 2 nitrogen and oxygen atoms in total. The van der Waals surface area contributed by atoms with E-state index in [0.29, 0.717) is 6.29 Å². The number of carbonyl (C=O) groups excluding carboxylic acids is 1. The Morgan fingerprint density at radius 2 is 1.29 bits per heavy atom. The maximum absolute atomic E-state index is 10.7. The van der Waals surface area contributed by atoms with Gasteiger partial charge in [0.25, 0.3) is 0 Å². The van der Waals surface area contributed by atoms with Gasteiger partial charge in [0.2, 0.25) is 0 Å². The molecule has 0 spiro atoms. The summed E-state index contributed by atoms with van der Waals surface area (Å²) in [7, 11) is 0. The molecule has 14 heavy (non-hydrogen) atoms. The van der Waals surface area contributed by atoms with Crippen LogP contribution in [0, 0.1) is 5.41 Å². The lowest BCUT2D eigenvalue weighted by Crippen LogP contribution is -1.95. The number of rotatable bonds is 2. The quantitative estimate of drug-likeness (QED) is 0.374. The summed E-state index contributed by atoms with van der Waals surface area (Å²) in [5, 5.41) is 7.19. The third kappa shape index (κ3) is 1.75. The van der Waals surface area contributed by atoms with Crippen LogP contribution in [-0.2, 0) is 0 Å². The molecule has 0 saturated heterocycles. The second-order valence-corrected chi connectivity index (χ2v) is 3.86. The summed E-state index contributed by atoms with van der Waals surface area (Å²) in [5.74, 6) is 0. The van der Waals surface area contributed by atoms with Crippen molar-refractivity contribution in [1.82, 2.24) is 0 Å². The Labute approximate surface area is 100 Å². The maximum Gasteiger partial charge on any atom is 0.152 e. The van der Waals surface area contributed by atoms with Gasteiger partial charge in [-0.25, -0.2) is 0 Å². The molecule has 0 saturated carbocycles. The molecule has 0 amide bonds. The van der Waals surface area contributed by atoms with Gasteiger partial charge in [0.15, 0.2) is 6.29 Å². The fourth-order valence-electron chi connectivity index (χ4n) is 0.922. The molecular formula is C8H3Cl4NO. The minimum atomic E-state index is 0.00886. The molecule has 1 rings (SSSR count). The zero-order valence-electron chi connectivity index (χ0n) is 6.57. The number of hydrogen-bond donors (Lipinski definition) is 1. The third-order valence-corrected chi connectivity index (χ3v) is 3.43. The third-order valence-electron chi connectivity index (χ3n) is 1.60. The average Bonchev–Trinajstić information content (AvgIpc) is 2.20. The zero-order valence-corrected chi connectivity index (χ0v) is 9.60. The summed E-state index contributed by atoms with van der Waals surface area (Å²) < 4.78 is 0. The van der Waals surface area contributed by atoms with Crippen LogP contribution in [-0.4, -0.2) is 12.5 Å². The zero-order chi connectivity index (χ0) is 10.9. The van der Waals surface area contributed by atoms with Crippen molar-refractivity contribution in [3.05, 3.63) is 31.2 Å². The molecule has 0 aliphatic carbocycles. The molecule has 0 radical (unpaired) electrons. The van der Waals surface area contributed by atoms with Crippen LogP contribution >= 0.6 is 46.4 Å². The summed E-state index contributed by atoms with van der Waals surface area (Å²) in [6.07, 6.45) is 1.39. The Morgan fingerprint density at radius 1 is 0.857 bits per heavy atom. The molecule has 1 aromatic carbocycles. The highest BCUT2D eigenvalue weighted by Gasteiger charge is 2.18. The van der Waals surface area contributed by atoms with Gasteiger partial charge in [-0.15, -0.1) is 0 Å². The number of hydrogen-bond acceptors (Lipinski definition) is 2. The minimum absolute atomic E-state index is 0.00886. The van der Waals surface area contributed by atoms with E-state index in [2.05, 4.69) is 0 Å². The highest BCUT2D eigenvalue weighted by molar-refractivity contribution is 6.53. The van der Waals surface area contributed by atoms with Crippen LogP contribution in [0.25, 0.3) is 0 Å². The monoisotopic (exact) mass is 269 g/mol. The summed E-state index contributed by atoms with van der Waals surface area (Å²) in [5.41, 5.74) is 0.238. The molecule has 0 heterocycles. The molecule has 0 aliphatic rings. The van der Waals surface area contributed by atoms with Crippen molar-refractivity contribution in [3.8, 4) is 0 Å². The van der Waals surface area contributed by atoms with Gasteiger partial charge in [0.1, 0.15) is 0 Å². The van der Waals surface area contributed by atoms with Gasteiger partial charge in [0.05, 0.1) is 20.1 Å². The molecule has 0 fully saturated rings. The van der Waals surface area contributed by atoms with Gasteiger partial charge in [-0.3, -0.25) is 4.79 Å². The summed E-state index contributed by atoms with van der Waals surface area (Å²) >= 11 is 23.0. The molecule has 1 N–H and O–H groups in total. The van der Waals surface area contributed by atoms with Crippen molar-refractivity contribution < 1.29 is 4.79 Å². The topological polar surface area (TPSA) is 40.9 Å². The number of carbonyl (C=O) groups is 1. The molecule has 0 unspecified atom stereocenters. The lowest BCUT2D eigenvalue weighted by Gasteiger charge is -2.08. The maximum atomic E-state index is 10.7. The van der Waals surface area contributed by atoms with Crippen molar-refractivity contribution in [2.24, 2.45) is 0 Å². The highest BCUT2D eigenvalue weighted by Crippen LogP contribution is 2.40. The molecule has 6 heteroatoms. The van der Waals surface area contributed by atoms with Crippen LogP contribution in [0.2, 0.25) is 20.1 Å². The van der Waals surface area contributed by atoms with Crippen LogP contribution in [0.5, 0.6) is 0 Å².